The summed E-state index contributed by atoms with van der Waals surface area (Å²) in [4.78, 5) is 11.0. The number of aliphatic carboxylic acids is 1. The number of carbonyl (C=O) groups is 1. The van der Waals surface area contributed by atoms with Gasteiger partial charge in [0.25, 0.3) is 10.0 Å². The number of hydrogen-bond donors (Lipinski definition) is 1. The molecule has 0 spiro atoms. The van der Waals surface area contributed by atoms with Gasteiger partial charge in [-0.25, -0.2) is 12.4 Å². The molecule has 0 bridgehead atoms. The smallest absolute Gasteiger partial charge is 0.416 e. The van der Waals surface area contributed by atoms with Crippen LogP contribution >= 0.6 is 11.6 Å². The Morgan fingerprint density at radius 1 is 0.971 bits per heavy atom. The number of aryl methyl sites for hydroxylation is 1. The number of halogens is 4. The minimum absolute atomic E-state index is 0.0680. The molecule has 34 heavy (non-hydrogen) atoms. The first-order valence-corrected chi connectivity index (χ1v) is 11.8. The van der Waals surface area contributed by atoms with E-state index in [4.69, 9.17) is 16.7 Å². The highest BCUT2D eigenvalue weighted by molar-refractivity contribution is 7.90. The number of nitrogens with zero attached hydrogens (tertiary/aromatic N) is 1. The molecule has 0 aliphatic carbocycles. The lowest BCUT2D eigenvalue weighted by atomic mass is 10.0. The number of carboxylic acid groups (broad SMARTS) is 1. The number of fused-ring (bicyclic) bond motifs is 1. The number of aromatic nitrogens is 1. The van der Waals surface area contributed by atoms with Gasteiger partial charge in [-0.3, -0.25) is 4.79 Å². The highest BCUT2D eigenvalue weighted by Gasteiger charge is 2.30. The van der Waals surface area contributed by atoms with Crippen molar-refractivity contribution in [2.75, 3.05) is 0 Å². The maximum atomic E-state index is 13.5. The first-order valence-electron chi connectivity index (χ1n) is 10.0. The summed E-state index contributed by atoms with van der Waals surface area (Å²) in [6.07, 6.45) is -3.17. The molecule has 0 aliphatic heterocycles. The molecular formula is C24H17ClF3NO4S. The van der Waals surface area contributed by atoms with Gasteiger partial charge in [-0.2, -0.15) is 13.2 Å². The van der Waals surface area contributed by atoms with Crippen molar-refractivity contribution in [3.63, 3.8) is 0 Å². The fourth-order valence-electron chi connectivity index (χ4n) is 3.68. The second kappa shape index (κ2) is 8.81. The fourth-order valence-corrected chi connectivity index (χ4v) is 5.29. The summed E-state index contributed by atoms with van der Waals surface area (Å²) in [5.74, 6) is -1.02. The summed E-state index contributed by atoms with van der Waals surface area (Å²) in [6, 6.07) is 15.0. The van der Waals surface area contributed by atoms with Crippen LogP contribution in [-0.4, -0.2) is 23.5 Å². The van der Waals surface area contributed by atoms with Crippen molar-refractivity contribution >= 4 is 38.5 Å². The van der Waals surface area contributed by atoms with Gasteiger partial charge in [0.2, 0.25) is 0 Å². The Hall–Kier alpha value is -3.30. The largest absolute Gasteiger partial charge is 0.481 e. The van der Waals surface area contributed by atoms with E-state index in [1.54, 1.807) is 18.2 Å². The summed E-state index contributed by atoms with van der Waals surface area (Å²) >= 11 is 6.08. The number of carboxylic acids is 1. The van der Waals surface area contributed by atoms with Gasteiger partial charge in [-0.1, -0.05) is 35.9 Å². The molecule has 5 nitrogen and oxygen atoms in total. The fraction of sp³-hybridized carbons (Fsp3) is 0.125. The zero-order valence-corrected chi connectivity index (χ0v) is 19.0. The summed E-state index contributed by atoms with van der Waals surface area (Å²) < 4.78 is 66.7. The molecule has 1 N–H and O–H groups in total. The minimum Gasteiger partial charge on any atom is -0.481 e. The van der Waals surface area contributed by atoms with Crippen molar-refractivity contribution < 1.29 is 31.5 Å². The highest BCUT2D eigenvalue weighted by atomic mass is 35.5. The van der Waals surface area contributed by atoms with E-state index in [9.17, 15) is 26.4 Å². The van der Waals surface area contributed by atoms with E-state index in [-0.39, 0.29) is 17.7 Å². The van der Waals surface area contributed by atoms with E-state index in [0.29, 0.717) is 32.6 Å². The molecule has 0 aliphatic rings. The lowest BCUT2D eigenvalue weighted by Crippen LogP contribution is -2.12. The van der Waals surface area contributed by atoms with Crippen LogP contribution in [0.1, 0.15) is 17.5 Å². The van der Waals surface area contributed by atoms with E-state index in [1.807, 2.05) is 0 Å². The maximum absolute atomic E-state index is 13.5. The third kappa shape index (κ3) is 4.67. The third-order valence-electron chi connectivity index (χ3n) is 5.36. The molecule has 1 heterocycles. The van der Waals surface area contributed by atoms with Crippen molar-refractivity contribution in [2.45, 2.75) is 23.9 Å². The van der Waals surface area contributed by atoms with Gasteiger partial charge in [0.15, 0.2) is 0 Å². The molecule has 3 aromatic carbocycles. The van der Waals surface area contributed by atoms with Crippen LogP contribution in [-0.2, 0) is 27.4 Å². The van der Waals surface area contributed by atoms with Gasteiger partial charge in [0.1, 0.15) is 0 Å². The molecule has 1 aromatic heterocycles. The summed E-state index contributed by atoms with van der Waals surface area (Å²) in [6.45, 7) is 0. The zero-order chi connectivity index (χ0) is 24.7. The quantitative estimate of drug-likeness (QED) is 0.335. The molecule has 4 rings (SSSR count). The third-order valence-corrected chi connectivity index (χ3v) is 7.26. The van der Waals surface area contributed by atoms with Crippen molar-refractivity contribution in [3.05, 3.63) is 89.1 Å². The van der Waals surface area contributed by atoms with Gasteiger partial charge in [-0.05, 0) is 65.6 Å². The highest BCUT2D eigenvalue weighted by Crippen LogP contribution is 2.33. The average Bonchev–Trinajstić information content (AvgIpc) is 3.16. The lowest BCUT2D eigenvalue weighted by molar-refractivity contribution is -0.138. The van der Waals surface area contributed by atoms with Crippen molar-refractivity contribution in [1.29, 1.82) is 0 Å². The summed E-state index contributed by atoms with van der Waals surface area (Å²) in [5.41, 5.74) is 0.912. The molecule has 176 valence electrons. The standard InChI is InChI=1S/C24H17ClF3NO4S/c25-19-9-10-22-21(13-19)17(6-11-23(30)31)14-29(22)34(32,33)20-3-1-2-16(12-20)15-4-7-18(8-5-15)24(26,27)28/h1-5,7-10,12-14H,6,11H2,(H,30,31). The predicted octanol–water partition coefficient (Wildman–Crippen LogP) is 6.23. The number of rotatable bonds is 6. The molecule has 0 saturated heterocycles. The van der Waals surface area contributed by atoms with Crippen LogP contribution in [0.5, 0.6) is 0 Å². The topological polar surface area (TPSA) is 76.4 Å². The molecule has 0 unspecified atom stereocenters. The van der Waals surface area contributed by atoms with Crippen molar-refractivity contribution in [2.24, 2.45) is 0 Å². The second-order valence-corrected chi connectivity index (χ2v) is 9.86. The Bertz CT molecular complexity index is 1490. The van der Waals surface area contributed by atoms with E-state index in [2.05, 4.69) is 0 Å². The van der Waals surface area contributed by atoms with Gasteiger partial charge in [-0.15, -0.1) is 0 Å². The Morgan fingerprint density at radius 3 is 2.32 bits per heavy atom. The van der Waals surface area contributed by atoms with Crippen LogP contribution in [0.15, 0.2) is 77.8 Å². The Labute approximate surface area is 198 Å². The first-order chi connectivity index (χ1) is 16.0. The molecular weight excluding hydrogens is 491 g/mol. The molecule has 0 fully saturated rings. The van der Waals surface area contributed by atoms with Crippen molar-refractivity contribution in [1.82, 2.24) is 3.97 Å². The predicted molar refractivity (Wildman–Crippen MR) is 122 cm³/mol. The van der Waals surface area contributed by atoms with Gasteiger partial charge in [0, 0.05) is 23.0 Å². The number of benzene rings is 3. The molecule has 0 saturated carbocycles. The molecule has 4 aromatic rings. The van der Waals surface area contributed by atoms with Crippen LogP contribution in [0.25, 0.3) is 22.0 Å². The van der Waals surface area contributed by atoms with Crippen molar-refractivity contribution in [3.8, 4) is 11.1 Å². The van der Waals surface area contributed by atoms with E-state index in [0.717, 1.165) is 16.1 Å². The maximum Gasteiger partial charge on any atom is 0.416 e. The van der Waals surface area contributed by atoms with Gasteiger partial charge < -0.3 is 5.11 Å². The second-order valence-electron chi connectivity index (χ2n) is 7.61. The van der Waals surface area contributed by atoms with Crippen LogP contribution in [0.4, 0.5) is 13.2 Å². The number of alkyl halides is 3. The molecule has 10 heteroatoms. The summed E-state index contributed by atoms with van der Waals surface area (Å²) in [7, 11) is -4.11. The summed E-state index contributed by atoms with van der Waals surface area (Å²) in [5, 5.41) is 9.94. The van der Waals surface area contributed by atoms with E-state index < -0.39 is 27.7 Å². The Balaban J connectivity index is 1.78. The normalized spacial score (nSPS) is 12.2. The van der Waals surface area contributed by atoms with Crippen LogP contribution < -0.4 is 0 Å². The SMILES string of the molecule is O=C(O)CCc1cn(S(=O)(=O)c2cccc(-c3ccc(C(F)(F)F)cc3)c2)c2ccc(Cl)cc12. The van der Waals surface area contributed by atoms with Gasteiger partial charge in [0.05, 0.1) is 16.0 Å². The Morgan fingerprint density at radius 2 is 1.68 bits per heavy atom. The van der Waals surface area contributed by atoms with Crippen LogP contribution in [0, 0.1) is 0 Å². The average molecular weight is 508 g/mol. The molecule has 0 radical (unpaired) electrons. The first kappa shape index (κ1) is 23.8. The van der Waals surface area contributed by atoms with E-state index in [1.165, 1.54) is 42.6 Å². The monoisotopic (exact) mass is 507 g/mol. The number of hydrogen-bond acceptors (Lipinski definition) is 3. The van der Waals surface area contributed by atoms with Crippen LogP contribution in [0.2, 0.25) is 5.02 Å². The molecule has 0 amide bonds. The van der Waals surface area contributed by atoms with Gasteiger partial charge >= 0.3 is 12.1 Å². The minimum atomic E-state index is -4.47. The van der Waals surface area contributed by atoms with Crippen LogP contribution in [0.3, 0.4) is 0 Å². The lowest BCUT2D eigenvalue weighted by Gasteiger charge is -2.11. The van der Waals surface area contributed by atoms with E-state index >= 15 is 0 Å². The molecule has 0 atom stereocenters. The zero-order valence-electron chi connectivity index (χ0n) is 17.4. The Kier molecular flexibility index (Phi) is 6.18.